The van der Waals surface area contributed by atoms with E-state index in [1.165, 1.54) is 0 Å². The van der Waals surface area contributed by atoms with Gasteiger partial charge in [-0.05, 0) is 46.2 Å². The van der Waals surface area contributed by atoms with Crippen LogP contribution in [-0.2, 0) is 0 Å². The number of anilines is 1. The van der Waals surface area contributed by atoms with Crippen LogP contribution in [0, 0.1) is 13.8 Å². The van der Waals surface area contributed by atoms with Crippen molar-refractivity contribution in [2.24, 2.45) is 5.73 Å². The third-order valence-electron chi connectivity index (χ3n) is 4.35. The van der Waals surface area contributed by atoms with Crippen LogP contribution in [0.2, 0.25) is 0 Å². The molecule has 1 aliphatic rings. The van der Waals surface area contributed by atoms with Gasteiger partial charge >= 0.3 is 0 Å². The van der Waals surface area contributed by atoms with Gasteiger partial charge < -0.3 is 10.6 Å². The van der Waals surface area contributed by atoms with Gasteiger partial charge in [0, 0.05) is 37.4 Å². The van der Waals surface area contributed by atoms with Crippen LogP contribution in [0.15, 0.2) is 6.07 Å². The van der Waals surface area contributed by atoms with Crippen molar-refractivity contribution in [3.8, 4) is 0 Å². The highest BCUT2D eigenvalue weighted by molar-refractivity contribution is 5.98. The number of aryl methyl sites for hydroxylation is 2. The van der Waals surface area contributed by atoms with E-state index in [1.807, 2.05) is 19.9 Å². The molecule has 0 bridgehead atoms. The minimum Gasteiger partial charge on any atom is -0.365 e. The highest BCUT2D eigenvalue weighted by Gasteiger charge is 2.28. The smallest absolute Gasteiger partial charge is 0.252 e. The molecule has 5 nitrogen and oxygen atoms in total. The number of carbonyl (C=O) groups is 1. The molecule has 2 heterocycles. The number of nitrogens with two attached hydrogens (primary N) is 1. The van der Waals surface area contributed by atoms with Gasteiger partial charge in [-0.2, -0.15) is 0 Å². The van der Waals surface area contributed by atoms with Crippen molar-refractivity contribution >= 4 is 11.7 Å². The van der Waals surface area contributed by atoms with Crippen LogP contribution in [0.25, 0.3) is 0 Å². The maximum Gasteiger partial charge on any atom is 0.252 e. The van der Waals surface area contributed by atoms with E-state index >= 15 is 0 Å². The maximum atomic E-state index is 11.7. The van der Waals surface area contributed by atoms with E-state index in [4.69, 9.17) is 5.73 Å². The summed E-state index contributed by atoms with van der Waals surface area (Å²) in [6.45, 7) is 13.3. The molecule has 1 saturated heterocycles. The van der Waals surface area contributed by atoms with Crippen molar-refractivity contribution in [1.82, 2.24) is 9.88 Å². The molecule has 1 atom stereocenters. The summed E-state index contributed by atoms with van der Waals surface area (Å²) in [5, 5.41) is 0. The van der Waals surface area contributed by atoms with E-state index in [1.54, 1.807) is 0 Å². The molecule has 116 valence electrons. The van der Waals surface area contributed by atoms with Gasteiger partial charge in [-0.3, -0.25) is 9.69 Å². The van der Waals surface area contributed by atoms with Crippen molar-refractivity contribution in [2.75, 3.05) is 24.5 Å². The Labute approximate surface area is 127 Å². The van der Waals surface area contributed by atoms with E-state index in [2.05, 4.69) is 35.6 Å². The molecule has 1 fully saturated rings. The number of aromatic nitrogens is 1. The minimum atomic E-state index is -0.403. The quantitative estimate of drug-likeness (QED) is 0.920. The first-order valence-corrected chi connectivity index (χ1v) is 7.60. The fourth-order valence-corrected chi connectivity index (χ4v) is 3.05. The second kappa shape index (κ2) is 6.02. The van der Waals surface area contributed by atoms with Gasteiger partial charge in [0.2, 0.25) is 0 Å². The monoisotopic (exact) mass is 290 g/mol. The molecule has 1 unspecified atom stereocenters. The average Bonchev–Trinajstić information content (AvgIpc) is 2.40. The Morgan fingerprint density at radius 1 is 1.38 bits per heavy atom. The predicted molar refractivity (Wildman–Crippen MR) is 85.7 cm³/mol. The van der Waals surface area contributed by atoms with Crippen LogP contribution in [0.4, 0.5) is 5.82 Å². The van der Waals surface area contributed by atoms with Gasteiger partial charge in [-0.25, -0.2) is 4.98 Å². The van der Waals surface area contributed by atoms with Gasteiger partial charge in [-0.1, -0.05) is 0 Å². The van der Waals surface area contributed by atoms with Crippen LogP contribution < -0.4 is 10.6 Å². The molecule has 0 radical (unpaired) electrons. The number of nitrogens with zero attached hydrogens (tertiary/aromatic N) is 3. The first kappa shape index (κ1) is 15.8. The van der Waals surface area contributed by atoms with Crippen LogP contribution in [0.5, 0.6) is 0 Å². The molecule has 2 rings (SSSR count). The lowest BCUT2D eigenvalue weighted by atomic mass is 10.1. The molecule has 0 aromatic carbocycles. The summed E-state index contributed by atoms with van der Waals surface area (Å²) in [7, 11) is 0. The summed E-state index contributed by atoms with van der Waals surface area (Å²) in [6.07, 6.45) is 0. The summed E-state index contributed by atoms with van der Waals surface area (Å²) in [5.41, 5.74) is 8.02. The predicted octanol–water partition coefficient (Wildman–Crippen LogP) is 1.72. The number of primary amides is 1. The lowest BCUT2D eigenvalue weighted by Gasteiger charge is -2.43. The number of amides is 1. The van der Waals surface area contributed by atoms with Gasteiger partial charge in [0.15, 0.2) is 0 Å². The normalized spacial score (nSPS) is 20.1. The second-order valence-corrected chi connectivity index (χ2v) is 6.25. The molecular weight excluding hydrogens is 264 g/mol. The van der Waals surface area contributed by atoms with Crippen molar-refractivity contribution in [1.29, 1.82) is 0 Å². The third-order valence-corrected chi connectivity index (χ3v) is 4.35. The highest BCUT2D eigenvalue weighted by atomic mass is 16.1. The van der Waals surface area contributed by atoms with E-state index in [-0.39, 0.29) is 0 Å². The molecule has 1 aromatic rings. The van der Waals surface area contributed by atoms with Gasteiger partial charge in [0.25, 0.3) is 5.91 Å². The molecule has 1 aromatic heterocycles. The lowest BCUT2D eigenvalue weighted by Crippen LogP contribution is -2.54. The number of rotatable bonds is 3. The third kappa shape index (κ3) is 3.18. The number of hydrogen-bond donors (Lipinski definition) is 1. The minimum absolute atomic E-state index is 0.403. The van der Waals surface area contributed by atoms with Crippen molar-refractivity contribution in [3.05, 3.63) is 22.9 Å². The van der Waals surface area contributed by atoms with Crippen LogP contribution in [-0.4, -0.2) is 47.5 Å². The molecule has 1 aliphatic heterocycles. The summed E-state index contributed by atoms with van der Waals surface area (Å²) in [4.78, 5) is 21.0. The van der Waals surface area contributed by atoms with E-state index in [0.717, 1.165) is 36.7 Å². The van der Waals surface area contributed by atoms with Gasteiger partial charge in [0.05, 0.1) is 5.56 Å². The summed E-state index contributed by atoms with van der Waals surface area (Å²) in [6, 6.07) is 2.83. The average molecular weight is 290 g/mol. The van der Waals surface area contributed by atoms with E-state index in [9.17, 15) is 4.79 Å². The number of carbonyl (C=O) groups excluding carboxylic acids is 1. The Morgan fingerprint density at radius 3 is 2.57 bits per heavy atom. The Kier molecular flexibility index (Phi) is 4.52. The standard InChI is InChI=1S/C16H26N4O/c1-10(2)20-7-6-19(9-12(20)4)16-14(15(17)21)8-11(3)13(5)18-16/h8,10,12H,6-7,9H2,1-5H3,(H2,17,21). The molecule has 1 amide bonds. The topological polar surface area (TPSA) is 62.5 Å². The summed E-state index contributed by atoms with van der Waals surface area (Å²) < 4.78 is 0. The summed E-state index contributed by atoms with van der Waals surface area (Å²) >= 11 is 0. The Morgan fingerprint density at radius 2 is 2.05 bits per heavy atom. The lowest BCUT2D eigenvalue weighted by molar-refractivity contribution is 0.0999. The molecule has 21 heavy (non-hydrogen) atoms. The maximum absolute atomic E-state index is 11.7. The SMILES string of the molecule is Cc1cc(C(N)=O)c(N2CCN(C(C)C)C(C)C2)nc1C. The van der Waals surface area contributed by atoms with E-state index in [0.29, 0.717) is 17.6 Å². The Hall–Kier alpha value is -1.62. The fourth-order valence-electron chi connectivity index (χ4n) is 3.05. The summed E-state index contributed by atoms with van der Waals surface area (Å²) in [5.74, 6) is 0.334. The van der Waals surface area contributed by atoms with Crippen molar-refractivity contribution < 1.29 is 4.79 Å². The van der Waals surface area contributed by atoms with E-state index < -0.39 is 5.91 Å². The fraction of sp³-hybridized carbons (Fsp3) is 0.625. The molecule has 5 heteroatoms. The molecule has 0 spiro atoms. The van der Waals surface area contributed by atoms with Crippen molar-refractivity contribution in [3.63, 3.8) is 0 Å². The zero-order valence-electron chi connectivity index (χ0n) is 13.7. The van der Waals surface area contributed by atoms with Crippen LogP contribution in [0.1, 0.15) is 42.4 Å². The molecule has 0 aliphatic carbocycles. The molecule has 0 saturated carbocycles. The molecular formula is C16H26N4O. The number of pyridine rings is 1. The number of piperazine rings is 1. The number of hydrogen-bond acceptors (Lipinski definition) is 4. The Balaban J connectivity index is 2.31. The van der Waals surface area contributed by atoms with Gasteiger partial charge in [0.1, 0.15) is 5.82 Å². The largest absolute Gasteiger partial charge is 0.365 e. The van der Waals surface area contributed by atoms with Crippen molar-refractivity contribution in [2.45, 2.75) is 46.7 Å². The van der Waals surface area contributed by atoms with Crippen LogP contribution >= 0.6 is 0 Å². The second-order valence-electron chi connectivity index (χ2n) is 6.25. The van der Waals surface area contributed by atoms with Crippen LogP contribution in [0.3, 0.4) is 0 Å². The first-order chi connectivity index (χ1) is 9.81. The Bertz CT molecular complexity index is 541. The highest BCUT2D eigenvalue weighted by Crippen LogP contribution is 2.24. The molecule has 2 N–H and O–H groups in total. The zero-order valence-corrected chi connectivity index (χ0v) is 13.7. The zero-order chi connectivity index (χ0) is 15.7. The van der Waals surface area contributed by atoms with Gasteiger partial charge in [-0.15, -0.1) is 0 Å². The first-order valence-electron chi connectivity index (χ1n) is 7.60.